The summed E-state index contributed by atoms with van der Waals surface area (Å²) in [5, 5.41) is 0. The highest BCUT2D eigenvalue weighted by Gasteiger charge is 2.12. The van der Waals surface area contributed by atoms with Gasteiger partial charge < -0.3 is 4.74 Å². The van der Waals surface area contributed by atoms with Gasteiger partial charge in [-0.2, -0.15) is 0 Å². The van der Waals surface area contributed by atoms with Crippen molar-refractivity contribution in [2.24, 2.45) is 0 Å². The van der Waals surface area contributed by atoms with E-state index < -0.39 is 0 Å². The summed E-state index contributed by atoms with van der Waals surface area (Å²) in [6, 6.07) is 0. The average Bonchev–Trinajstić information content (AvgIpc) is 2.41. The van der Waals surface area contributed by atoms with Gasteiger partial charge in [0.2, 0.25) is 0 Å². The molecule has 0 N–H and O–H groups in total. The van der Waals surface area contributed by atoms with E-state index in [1.165, 1.54) is 0 Å². The molecule has 6 heteroatoms. The first-order valence-electron chi connectivity index (χ1n) is 5.88. The van der Waals surface area contributed by atoms with Crippen LogP contribution in [0.25, 0.3) is 11.0 Å². The smallest absolute Gasteiger partial charge is 0.108 e. The number of fused-ring (bicyclic) bond motifs is 1. The van der Waals surface area contributed by atoms with Crippen LogP contribution in [0.1, 0.15) is 5.69 Å². The molecular formula is C12H13BrN4O. The zero-order valence-electron chi connectivity index (χ0n) is 9.84. The number of hydrogen-bond acceptors (Lipinski definition) is 5. The predicted octanol–water partition coefficient (Wildman–Crippen LogP) is 1.62. The largest absolute Gasteiger partial charge is 0.379 e. The van der Waals surface area contributed by atoms with E-state index in [1.54, 1.807) is 12.4 Å². The fourth-order valence-electron chi connectivity index (χ4n) is 2.00. The van der Waals surface area contributed by atoms with Crippen molar-refractivity contribution < 1.29 is 4.74 Å². The highest BCUT2D eigenvalue weighted by atomic mass is 79.9. The van der Waals surface area contributed by atoms with Gasteiger partial charge in [-0.15, -0.1) is 0 Å². The zero-order chi connectivity index (χ0) is 12.4. The lowest BCUT2D eigenvalue weighted by Gasteiger charge is -2.26. The molecule has 1 aliphatic heterocycles. The van der Waals surface area contributed by atoms with Crippen molar-refractivity contribution in [1.29, 1.82) is 0 Å². The third kappa shape index (κ3) is 2.50. The summed E-state index contributed by atoms with van der Waals surface area (Å²) in [6.07, 6.45) is 5.30. The van der Waals surface area contributed by atoms with Crippen LogP contribution in [0.4, 0.5) is 0 Å². The maximum Gasteiger partial charge on any atom is 0.108 e. The summed E-state index contributed by atoms with van der Waals surface area (Å²) in [5.41, 5.74) is 2.67. The van der Waals surface area contributed by atoms with Crippen LogP contribution < -0.4 is 0 Å². The second-order valence-corrected chi connectivity index (χ2v) is 5.09. The van der Waals surface area contributed by atoms with Gasteiger partial charge in [0.05, 0.1) is 35.8 Å². The van der Waals surface area contributed by atoms with Gasteiger partial charge in [-0.3, -0.25) is 14.9 Å². The average molecular weight is 309 g/mol. The molecule has 1 aliphatic rings. The van der Waals surface area contributed by atoms with Gasteiger partial charge in [0.15, 0.2) is 0 Å². The summed E-state index contributed by atoms with van der Waals surface area (Å²) >= 11 is 3.46. The molecule has 0 unspecified atom stereocenters. The molecule has 1 saturated heterocycles. The van der Waals surface area contributed by atoms with E-state index in [9.17, 15) is 0 Å². The Morgan fingerprint density at radius 2 is 2.06 bits per heavy atom. The molecule has 0 aliphatic carbocycles. The van der Waals surface area contributed by atoms with Gasteiger partial charge in [-0.25, -0.2) is 4.98 Å². The van der Waals surface area contributed by atoms with Crippen molar-refractivity contribution in [2.45, 2.75) is 6.54 Å². The maximum absolute atomic E-state index is 5.33. The lowest BCUT2D eigenvalue weighted by atomic mass is 10.3. The van der Waals surface area contributed by atoms with Gasteiger partial charge >= 0.3 is 0 Å². The van der Waals surface area contributed by atoms with Gasteiger partial charge in [0.1, 0.15) is 11.0 Å². The lowest BCUT2D eigenvalue weighted by Crippen LogP contribution is -2.35. The van der Waals surface area contributed by atoms with Crippen LogP contribution in [0.5, 0.6) is 0 Å². The van der Waals surface area contributed by atoms with E-state index in [0.717, 1.165) is 54.0 Å². The molecule has 2 aromatic heterocycles. The second-order valence-electron chi connectivity index (χ2n) is 4.24. The first-order chi connectivity index (χ1) is 8.83. The molecule has 2 aromatic rings. The van der Waals surface area contributed by atoms with Crippen LogP contribution in [-0.2, 0) is 11.3 Å². The van der Waals surface area contributed by atoms with E-state index in [1.807, 2.05) is 6.20 Å². The van der Waals surface area contributed by atoms with Crippen LogP contribution in [0, 0.1) is 0 Å². The molecule has 0 spiro atoms. The minimum atomic E-state index is 0.800. The Labute approximate surface area is 113 Å². The number of rotatable bonds is 2. The van der Waals surface area contributed by atoms with E-state index in [0.29, 0.717) is 0 Å². The quantitative estimate of drug-likeness (QED) is 0.844. The highest BCUT2D eigenvalue weighted by molar-refractivity contribution is 9.10. The number of morpholine rings is 1. The van der Waals surface area contributed by atoms with Crippen LogP contribution in [0.3, 0.4) is 0 Å². The predicted molar refractivity (Wildman–Crippen MR) is 71.1 cm³/mol. The molecule has 0 bridgehead atoms. The summed E-state index contributed by atoms with van der Waals surface area (Å²) in [7, 11) is 0. The molecule has 5 nitrogen and oxygen atoms in total. The second kappa shape index (κ2) is 5.26. The first kappa shape index (κ1) is 12.0. The number of pyridine rings is 1. The van der Waals surface area contributed by atoms with Crippen molar-refractivity contribution in [3.63, 3.8) is 0 Å². The van der Waals surface area contributed by atoms with Crippen molar-refractivity contribution in [2.75, 3.05) is 26.3 Å². The topological polar surface area (TPSA) is 51.1 Å². The fourth-order valence-corrected chi connectivity index (χ4v) is 2.41. The highest BCUT2D eigenvalue weighted by Crippen LogP contribution is 2.19. The third-order valence-electron chi connectivity index (χ3n) is 2.95. The van der Waals surface area contributed by atoms with Crippen molar-refractivity contribution >= 4 is 27.0 Å². The Morgan fingerprint density at radius 3 is 2.89 bits per heavy atom. The molecular weight excluding hydrogens is 296 g/mol. The Bertz CT molecular complexity index is 557. The SMILES string of the molecule is Brc1cncc2ncc(CN3CCOCC3)nc12. The van der Waals surface area contributed by atoms with Gasteiger partial charge in [0, 0.05) is 25.8 Å². The van der Waals surface area contributed by atoms with Crippen molar-refractivity contribution in [1.82, 2.24) is 19.9 Å². The summed E-state index contributed by atoms with van der Waals surface area (Å²) in [6.45, 7) is 4.33. The summed E-state index contributed by atoms with van der Waals surface area (Å²) < 4.78 is 6.22. The fraction of sp³-hybridized carbons (Fsp3) is 0.417. The van der Waals surface area contributed by atoms with Crippen LogP contribution in [0.15, 0.2) is 23.1 Å². The molecule has 0 saturated carbocycles. The lowest BCUT2D eigenvalue weighted by molar-refractivity contribution is 0.0336. The van der Waals surface area contributed by atoms with Gasteiger partial charge in [0.25, 0.3) is 0 Å². The Kier molecular flexibility index (Phi) is 3.49. The van der Waals surface area contributed by atoms with E-state index in [-0.39, 0.29) is 0 Å². The molecule has 3 rings (SSSR count). The first-order valence-corrected chi connectivity index (χ1v) is 6.67. The standard InChI is InChI=1S/C12H13BrN4O/c13-10-6-14-7-11-12(10)16-9(5-15-11)8-17-1-3-18-4-2-17/h5-7H,1-4,8H2. The molecule has 0 atom stereocenters. The van der Waals surface area contributed by atoms with Gasteiger partial charge in [-0.05, 0) is 15.9 Å². The number of nitrogens with zero attached hydrogens (tertiary/aromatic N) is 4. The van der Waals surface area contributed by atoms with E-state index in [4.69, 9.17) is 4.74 Å². The molecule has 18 heavy (non-hydrogen) atoms. The molecule has 1 fully saturated rings. The van der Waals surface area contributed by atoms with E-state index in [2.05, 4.69) is 35.8 Å². The Hall–Kier alpha value is -1.11. The van der Waals surface area contributed by atoms with Crippen molar-refractivity contribution in [3.05, 3.63) is 28.8 Å². The third-order valence-corrected chi connectivity index (χ3v) is 3.53. The minimum Gasteiger partial charge on any atom is -0.379 e. The zero-order valence-corrected chi connectivity index (χ0v) is 11.4. The number of ether oxygens (including phenoxy) is 1. The monoisotopic (exact) mass is 308 g/mol. The molecule has 94 valence electrons. The summed E-state index contributed by atoms with van der Waals surface area (Å²) in [5.74, 6) is 0. The molecule has 0 amide bonds. The minimum absolute atomic E-state index is 0.800. The molecule has 0 aromatic carbocycles. The van der Waals surface area contributed by atoms with E-state index >= 15 is 0 Å². The Balaban J connectivity index is 1.86. The van der Waals surface area contributed by atoms with Crippen molar-refractivity contribution in [3.8, 4) is 0 Å². The van der Waals surface area contributed by atoms with Crippen LogP contribution in [0.2, 0.25) is 0 Å². The number of halogens is 1. The Morgan fingerprint density at radius 1 is 1.22 bits per heavy atom. The molecule has 3 heterocycles. The number of aromatic nitrogens is 3. The van der Waals surface area contributed by atoms with Gasteiger partial charge in [-0.1, -0.05) is 0 Å². The van der Waals surface area contributed by atoms with Crippen LogP contribution in [-0.4, -0.2) is 46.2 Å². The van der Waals surface area contributed by atoms with Crippen LogP contribution >= 0.6 is 15.9 Å². The number of hydrogen-bond donors (Lipinski definition) is 0. The normalized spacial score (nSPS) is 17.2. The maximum atomic E-state index is 5.33. The summed E-state index contributed by atoms with van der Waals surface area (Å²) in [4.78, 5) is 15.4. The molecule has 0 radical (unpaired) electrons.